The van der Waals surface area contributed by atoms with Gasteiger partial charge in [-0.3, -0.25) is 9.78 Å². The minimum atomic E-state index is -0.271. The van der Waals surface area contributed by atoms with Crippen LogP contribution in [0.3, 0.4) is 0 Å². The molecule has 0 saturated carbocycles. The number of anilines is 1. The number of halogens is 1. The van der Waals surface area contributed by atoms with Crippen molar-refractivity contribution in [2.45, 2.75) is 6.92 Å². The summed E-state index contributed by atoms with van der Waals surface area (Å²) in [5, 5.41) is 3.34. The van der Waals surface area contributed by atoms with E-state index in [1.54, 1.807) is 24.4 Å². The summed E-state index contributed by atoms with van der Waals surface area (Å²) in [4.78, 5) is 16.7. The number of nitrogens with one attached hydrogen (secondary N) is 1. The van der Waals surface area contributed by atoms with Crippen LogP contribution in [0.15, 0.2) is 60.8 Å². The molecule has 25 heavy (non-hydrogen) atoms. The molecule has 1 N–H and O–H groups in total. The number of aromatic nitrogens is 1. The Bertz CT molecular complexity index is 908. The van der Waals surface area contributed by atoms with E-state index in [1.807, 2.05) is 43.3 Å². The maximum absolute atomic E-state index is 12.5. The molecule has 1 heterocycles. The number of nitrogens with zero attached hydrogens (tertiary/aromatic N) is 1. The van der Waals surface area contributed by atoms with Gasteiger partial charge in [-0.15, -0.1) is 0 Å². The van der Waals surface area contributed by atoms with Crippen LogP contribution in [0.4, 0.5) is 5.69 Å². The number of ether oxygens (including phenoxy) is 1. The number of benzene rings is 2. The summed E-state index contributed by atoms with van der Waals surface area (Å²) in [5.74, 6) is 0.206. The van der Waals surface area contributed by atoms with Crippen LogP contribution in [-0.2, 0) is 0 Å². The third kappa shape index (κ3) is 3.98. The molecule has 3 aromatic rings. The summed E-state index contributed by atoms with van der Waals surface area (Å²) >= 11 is 5.98. The van der Waals surface area contributed by atoms with Crippen LogP contribution in [0, 0.1) is 6.92 Å². The highest BCUT2D eigenvalue weighted by atomic mass is 35.5. The van der Waals surface area contributed by atoms with Gasteiger partial charge < -0.3 is 10.1 Å². The predicted molar refractivity (Wildman–Crippen MR) is 100 cm³/mol. The Morgan fingerprint density at radius 1 is 1.04 bits per heavy atom. The molecule has 0 unspecified atom stereocenters. The Morgan fingerprint density at radius 2 is 1.80 bits per heavy atom. The van der Waals surface area contributed by atoms with E-state index in [0.717, 1.165) is 16.8 Å². The van der Waals surface area contributed by atoms with E-state index in [-0.39, 0.29) is 5.91 Å². The van der Waals surface area contributed by atoms with Gasteiger partial charge in [0, 0.05) is 22.6 Å². The van der Waals surface area contributed by atoms with Crippen LogP contribution in [0.5, 0.6) is 5.75 Å². The number of hydrogen-bond acceptors (Lipinski definition) is 3. The Morgan fingerprint density at radius 3 is 2.48 bits per heavy atom. The van der Waals surface area contributed by atoms with Gasteiger partial charge in [-0.2, -0.15) is 0 Å². The van der Waals surface area contributed by atoms with Gasteiger partial charge in [0.15, 0.2) is 0 Å². The third-order valence-corrected chi connectivity index (χ3v) is 4.01. The molecular formula is C20H17ClN2O2. The van der Waals surface area contributed by atoms with E-state index in [2.05, 4.69) is 10.3 Å². The van der Waals surface area contributed by atoms with E-state index in [1.165, 1.54) is 7.11 Å². The molecule has 2 aromatic carbocycles. The largest absolute Gasteiger partial charge is 0.496 e. The molecule has 1 aromatic heterocycles. The van der Waals surface area contributed by atoms with Crippen LogP contribution >= 0.6 is 11.6 Å². The second-order valence-corrected chi connectivity index (χ2v) is 6.00. The fraction of sp³-hybridized carbons (Fsp3) is 0.100. The SMILES string of the molecule is COc1ccc(Cl)cc1C(=O)Nc1ccc(-c2ccnc(C)c2)cc1. The smallest absolute Gasteiger partial charge is 0.259 e. The molecule has 0 spiro atoms. The first-order valence-corrected chi connectivity index (χ1v) is 8.12. The number of hydrogen-bond donors (Lipinski definition) is 1. The quantitative estimate of drug-likeness (QED) is 0.721. The molecule has 3 rings (SSSR count). The Hall–Kier alpha value is -2.85. The second-order valence-electron chi connectivity index (χ2n) is 5.56. The molecule has 0 atom stereocenters. The minimum Gasteiger partial charge on any atom is -0.496 e. The highest BCUT2D eigenvalue weighted by molar-refractivity contribution is 6.31. The van der Waals surface area contributed by atoms with Gasteiger partial charge >= 0.3 is 0 Å². The van der Waals surface area contributed by atoms with Gasteiger partial charge in [-0.05, 0) is 60.5 Å². The zero-order valence-electron chi connectivity index (χ0n) is 13.9. The van der Waals surface area contributed by atoms with Crippen molar-refractivity contribution in [3.05, 3.63) is 77.1 Å². The molecule has 0 radical (unpaired) electrons. The lowest BCUT2D eigenvalue weighted by atomic mass is 10.1. The molecule has 126 valence electrons. The highest BCUT2D eigenvalue weighted by Crippen LogP contribution is 2.25. The second kappa shape index (κ2) is 7.36. The third-order valence-electron chi connectivity index (χ3n) is 3.78. The van der Waals surface area contributed by atoms with Crippen molar-refractivity contribution >= 4 is 23.2 Å². The highest BCUT2D eigenvalue weighted by Gasteiger charge is 2.13. The fourth-order valence-electron chi connectivity index (χ4n) is 2.53. The zero-order chi connectivity index (χ0) is 17.8. The van der Waals surface area contributed by atoms with Gasteiger partial charge in [-0.1, -0.05) is 23.7 Å². The van der Waals surface area contributed by atoms with Crippen molar-refractivity contribution in [3.63, 3.8) is 0 Å². The molecule has 0 aliphatic carbocycles. The fourth-order valence-corrected chi connectivity index (χ4v) is 2.70. The summed E-state index contributed by atoms with van der Waals surface area (Å²) in [6.45, 7) is 1.95. The van der Waals surface area contributed by atoms with Crippen molar-refractivity contribution in [3.8, 4) is 16.9 Å². The molecule has 4 nitrogen and oxygen atoms in total. The van der Waals surface area contributed by atoms with E-state index in [9.17, 15) is 4.79 Å². The van der Waals surface area contributed by atoms with Crippen LogP contribution in [0.1, 0.15) is 16.1 Å². The summed E-state index contributed by atoms with van der Waals surface area (Å²) in [7, 11) is 1.52. The average molecular weight is 353 g/mol. The Kier molecular flexibility index (Phi) is 5.00. The van der Waals surface area contributed by atoms with Crippen LogP contribution in [0.25, 0.3) is 11.1 Å². The predicted octanol–water partition coefficient (Wildman–Crippen LogP) is 4.97. The first kappa shape index (κ1) is 17.0. The molecule has 0 saturated heterocycles. The number of amides is 1. The Labute approximate surface area is 151 Å². The summed E-state index contributed by atoms with van der Waals surface area (Å²) in [6, 6.07) is 16.6. The lowest BCUT2D eigenvalue weighted by Gasteiger charge is -2.10. The van der Waals surface area contributed by atoms with Crippen LogP contribution < -0.4 is 10.1 Å². The average Bonchev–Trinajstić information content (AvgIpc) is 2.62. The minimum absolute atomic E-state index is 0.271. The number of carbonyl (C=O) groups excluding carboxylic acids is 1. The Balaban J connectivity index is 1.80. The van der Waals surface area contributed by atoms with Gasteiger partial charge in [0.2, 0.25) is 0 Å². The molecule has 1 amide bonds. The summed E-state index contributed by atoms with van der Waals surface area (Å²) < 4.78 is 5.22. The van der Waals surface area contributed by atoms with Gasteiger partial charge in [-0.25, -0.2) is 0 Å². The van der Waals surface area contributed by atoms with Crippen molar-refractivity contribution in [2.24, 2.45) is 0 Å². The molecule has 0 fully saturated rings. The number of pyridine rings is 1. The standard InChI is InChI=1S/C20H17ClN2O2/c1-13-11-15(9-10-22-13)14-3-6-17(7-4-14)23-20(24)18-12-16(21)5-8-19(18)25-2/h3-12H,1-2H3,(H,23,24). The normalized spacial score (nSPS) is 10.4. The number of methoxy groups -OCH3 is 1. The van der Waals surface area contributed by atoms with Gasteiger partial charge in [0.25, 0.3) is 5.91 Å². The first-order chi connectivity index (χ1) is 12.1. The zero-order valence-corrected chi connectivity index (χ0v) is 14.7. The van der Waals surface area contributed by atoms with Gasteiger partial charge in [0.05, 0.1) is 12.7 Å². The monoisotopic (exact) mass is 352 g/mol. The van der Waals surface area contributed by atoms with Crippen LogP contribution in [-0.4, -0.2) is 18.0 Å². The summed E-state index contributed by atoms with van der Waals surface area (Å²) in [6.07, 6.45) is 1.78. The van der Waals surface area contributed by atoms with Crippen molar-refractivity contribution < 1.29 is 9.53 Å². The van der Waals surface area contributed by atoms with Crippen LogP contribution in [0.2, 0.25) is 5.02 Å². The lowest BCUT2D eigenvalue weighted by Crippen LogP contribution is -2.13. The maximum Gasteiger partial charge on any atom is 0.259 e. The number of rotatable bonds is 4. The first-order valence-electron chi connectivity index (χ1n) is 7.75. The maximum atomic E-state index is 12.5. The van der Waals surface area contributed by atoms with Crippen molar-refractivity contribution in [1.29, 1.82) is 0 Å². The van der Waals surface area contributed by atoms with E-state index in [0.29, 0.717) is 22.0 Å². The molecular weight excluding hydrogens is 336 g/mol. The molecule has 0 aliphatic rings. The van der Waals surface area contributed by atoms with Crippen molar-refractivity contribution in [1.82, 2.24) is 4.98 Å². The van der Waals surface area contributed by atoms with Gasteiger partial charge in [0.1, 0.15) is 5.75 Å². The molecule has 0 bridgehead atoms. The molecule has 5 heteroatoms. The van der Waals surface area contributed by atoms with E-state index < -0.39 is 0 Å². The lowest BCUT2D eigenvalue weighted by molar-refractivity contribution is 0.102. The summed E-state index contributed by atoms with van der Waals surface area (Å²) in [5.41, 5.74) is 4.19. The van der Waals surface area contributed by atoms with Crippen molar-refractivity contribution in [2.75, 3.05) is 12.4 Å². The van der Waals surface area contributed by atoms with E-state index in [4.69, 9.17) is 16.3 Å². The number of carbonyl (C=O) groups is 1. The van der Waals surface area contributed by atoms with E-state index >= 15 is 0 Å². The number of aryl methyl sites for hydroxylation is 1. The topological polar surface area (TPSA) is 51.2 Å². The molecule has 0 aliphatic heterocycles.